The molecule has 0 N–H and O–H groups in total. The number of esters is 2. The van der Waals surface area contributed by atoms with Crippen molar-refractivity contribution in [1.82, 2.24) is 4.90 Å². The molecule has 6 nitrogen and oxygen atoms in total. The minimum atomic E-state index is -0.599. The number of nitrogens with zero attached hydrogens (tertiary/aromatic N) is 1. The average Bonchev–Trinajstić information content (AvgIpc) is 2.45. The second-order valence-electron chi connectivity index (χ2n) is 4.58. The van der Waals surface area contributed by atoms with Gasteiger partial charge in [-0.25, -0.2) is 0 Å². The van der Waals surface area contributed by atoms with Gasteiger partial charge in [0.2, 0.25) is 0 Å². The van der Waals surface area contributed by atoms with Crippen LogP contribution in [0.5, 0.6) is 0 Å². The Morgan fingerprint density at radius 3 is 1.76 bits per heavy atom. The van der Waals surface area contributed by atoms with Gasteiger partial charge in [-0.2, -0.15) is 0 Å². The third-order valence-corrected chi connectivity index (χ3v) is 3.08. The second-order valence-corrected chi connectivity index (χ2v) is 4.58. The first-order valence-corrected chi connectivity index (χ1v) is 6.39. The lowest BCUT2D eigenvalue weighted by atomic mass is 10.0. The Kier molecular flexibility index (Phi) is 5.90. The van der Waals surface area contributed by atoms with Crippen LogP contribution < -0.4 is 0 Å². The minimum Gasteiger partial charge on any atom is -0.468 e. The lowest BCUT2D eigenvalue weighted by molar-refractivity contribution is -0.144. The van der Waals surface area contributed by atoms with Crippen LogP contribution in [0, 0.1) is 13.8 Å². The molecule has 0 bridgehead atoms. The Morgan fingerprint density at radius 2 is 1.38 bits per heavy atom. The van der Waals surface area contributed by atoms with Crippen LogP contribution in [-0.4, -0.2) is 50.1 Å². The summed E-state index contributed by atoms with van der Waals surface area (Å²) in [6.45, 7) is 2.99. The maximum absolute atomic E-state index is 12.6. The predicted molar refractivity (Wildman–Crippen MR) is 75.9 cm³/mol. The number of rotatable bonds is 5. The Morgan fingerprint density at radius 1 is 0.952 bits per heavy atom. The fraction of sp³-hybridized carbons (Fsp3) is 0.400. The predicted octanol–water partition coefficient (Wildman–Crippen LogP) is 1.09. The van der Waals surface area contributed by atoms with Crippen molar-refractivity contribution >= 4 is 17.8 Å². The van der Waals surface area contributed by atoms with Crippen molar-refractivity contribution in [2.75, 3.05) is 27.3 Å². The fourth-order valence-corrected chi connectivity index (χ4v) is 1.95. The summed E-state index contributed by atoms with van der Waals surface area (Å²) in [4.78, 5) is 36.6. The number of hydrogen-bond donors (Lipinski definition) is 0. The molecule has 1 rings (SSSR count). The van der Waals surface area contributed by atoms with E-state index in [4.69, 9.17) is 0 Å². The summed E-state index contributed by atoms with van der Waals surface area (Å²) in [6.07, 6.45) is 0. The Bertz CT molecular complexity index is 515. The molecule has 1 amide bonds. The van der Waals surface area contributed by atoms with Crippen LogP contribution in [0.4, 0.5) is 0 Å². The highest BCUT2D eigenvalue weighted by Gasteiger charge is 2.24. The lowest BCUT2D eigenvalue weighted by Crippen LogP contribution is -2.40. The molecular formula is C15H19NO5. The number of aryl methyl sites for hydroxylation is 2. The summed E-state index contributed by atoms with van der Waals surface area (Å²) in [5.41, 5.74) is 2.03. The van der Waals surface area contributed by atoms with Gasteiger partial charge in [-0.1, -0.05) is 18.2 Å². The van der Waals surface area contributed by atoms with Crippen LogP contribution >= 0.6 is 0 Å². The number of carbonyl (C=O) groups excluding carboxylic acids is 3. The van der Waals surface area contributed by atoms with Crippen molar-refractivity contribution in [2.45, 2.75) is 13.8 Å². The first-order valence-electron chi connectivity index (χ1n) is 6.39. The molecule has 0 aliphatic rings. The second kappa shape index (κ2) is 7.42. The topological polar surface area (TPSA) is 72.9 Å². The molecule has 0 radical (unpaired) electrons. The standard InChI is InChI=1S/C15H19NO5/c1-10-6-5-7-11(2)14(10)15(19)16(8-12(17)20-3)9-13(18)21-4/h5-7H,8-9H2,1-4H3. The van der Waals surface area contributed by atoms with E-state index in [1.807, 2.05) is 6.07 Å². The normalized spacial score (nSPS) is 9.90. The summed E-state index contributed by atoms with van der Waals surface area (Å²) < 4.78 is 9.11. The first kappa shape index (κ1) is 16.7. The number of benzene rings is 1. The van der Waals surface area contributed by atoms with Crippen molar-refractivity contribution < 1.29 is 23.9 Å². The van der Waals surface area contributed by atoms with Gasteiger partial charge in [-0.15, -0.1) is 0 Å². The molecule has 0 unspecified atom stereocenters. The third kappa shape index (κ3) is 4.30. The molecule has 6 heteroatoms. The van der Waals surface area contributed by atoms with Crippen LogP contribution in [0.15, 0.2) is 18.2 Å². The van der Waals surface area contributed by atoms with E-state index in [-0.39, 0.29) is 13.1 Å². The molecule has 114 valence electrons. The summed E-state index contributed by atoms with van der Waals surface area (Å²) in [6, 6.07) is 5.44. The Hall–Kier alpha value is -2.37. The lowest BCUT2D eigenvalue weighted by Gasteiger charge is -2.22. The molecule has 21 heavy (non-hydrogen) atoms. The number of ether oxygens (including phenoxy) is 2. The highest BCUT2D eigenvalue weighted by Crippen LogP contribution is 2.16. The van der Waals surface area contributed by atoms with E-state index >= 15 is 0 Å². The van der Waals surface area contributed by atoms with Crippen molar-refractivity contribution in [3.05, 3.63) is 34.9 Å². The molecule has 0 aliphatic carbocycles. The van der Waals surface area contributed by atoms with Gasteiger partial charge in [0.25, 0.3) is 5.91 Å². The Labute approximate surface area is 123 Å². The molecule has 0 aromatic heterocycles. The minimum absolute atomic E-state index is 0.307. The summed E-state index contributed by atoms with van der Waals surface area (Å²) in [5.74, 6) is -1.60. The number of carbonyl (C=O) groups is 3. The van der Waals surface area contributed by atoms with Gasteiger partial charge < -0.3 is 14.4 Å². The largest absolute Gasteiger partial charge is 0.468 e. The molecule has 0 saturated heterocycles. The van der Waals surface area contributed by atoms with E-state index in [9.17, 15) is 14.4 Å². The molecule has 1 aromatic rings. The van der Waals surface area contributed by atoms with E-state index < -0.39 is 17.8 Å². The SMILES string of the molecule is COC(=O)CN(CC(=O)OC)C(=O)c1c(C)cccc1C. The van der Waals surface area contributed by atoms with Crippen LogP contribution in [-0.2, 0) is 19.1 Å². The summed E-state index contributed by atoms with van der Waals surface area (Å²) >= 11 is 0. The molecule has 0 heterocycles. The van der Waals surface area contributed by atoms with Crippen LogP contribution in [0.1, 0.15) is 21.5 Å². The molecule has 0 saturated carbocycles. The summed E-state index contributed by atoms with van der Waals surface area (Å²) in [7, 11) is 2.45. The van der Waals surface area contributed by atoms with Crippen LogP contribution in [0.25, 0.3) is 0 Å². The zero-order valence-corrected chi connectivity index (χ0v) is 12.6. The molecule has 0 atom stereocenters. The van der Waals surface area contributed by atoms with E-state index in [0.29, 0.717) is 5.56 Å². The van der Waals surface area contributed by atoms with E-state index in [2.05, 4.69) is 9.47 Å². The highest BCUT2D eigenvalue weighted by atomic mass is 16.5. The maximum atomic E-state index is 12.6. The van der Waals surface area contributed by atoms with Crippen LogP contribution in [0.2, 0.25) is 0 Å². The van der Waals surface area contributed by atoms with Gasteiger partial charge in [0.1, 0.15) is 13.1 Å². The molecule has 0 aliphatic heterocycles. The van der Waals surface area contributed by atoms with E-state index in [1.165, 1.54) is 14.2 Å². The van der Waals surface area contributed by atoms with Gasteiger partial charge in [0.15, 0.2) is 0 Å². The van der Waals surface area contributed by atoms with Gasteiger partial charge in [-0.05, 0) is 25.0 Å². The average molecular weight is 293 g/mol. The molecule has 0 fully saturated rings. The van der Waals surface area contributed by atoms with Crippen LogP contribution in [0.3, 0.4) is 0 Å². The van der Waals surface area contributed by atoms with Gasteiger partial charge in [-0.3, -0.25) is 14.4 Å². The van der Waals surface area contributed by atoms with Crippen molar-refractivity contribution in [3.63, 3.8) is 0 Å². The zero-order chi connectivity index (χ0) is 16.0. The zero-order valence-electron chi connectivity index (χ0n) is 12.6. The van der Waals surface area contributed by atoms with Crippen molar-refractivity contribution in [2.24, 2.45) is 0 Å². The molecule has 0 spiro atoms. The number of hydrogen-bond acceptors (Lipinski definition) is 5. The first-order chi connectivity index (χ1) is 9.90. The monoisotopic (exact) mass is 293 g/mol. The van der Waals surface area contributed by atoms with Crippen molar-refractivity contribution in [3.8, 4) is 0 Å². The van der Waals surface area contributed by atoms with Gasteiger partial charge in [0, 0.05) is 5.56 Å². The molecule has 1 aromatic carbocycles. The van der Waals surface area contributed by atoms with E-state index in [0.717, 1.165) is 16.0 Å². The maximum Gasteiger partial charge on any atom is 0.325 e. The third-order valence-electron chi connectivity index (χ3n) is 3.08. The van der Waals surface area contributed by atoms with Crippen molar-refractivity contribution in [1.29, 1.82) is 0 Å². The van der Waals surface area contributed by atoms with Gasteiger partial charge >= 0.3 is 11.9 Å². The highest BCUT2D eigenvalue weighted by molar-refractivity contribution is 6.00. The Balaban J connectivity index is 3.09. The number of amides is 1. The smallest absolute Gasteiger partial charge is 0.325 e. The fourth-order valence-electron chi connectivity index (χ4n) is 1.95. The van der Waals surface area contributed by atoms with Gasteiger partial charge in [0.05, 0.1) is 14.2 Å². The quantitative estimate of drug-likeness (QED) is 0.760. The number of methoxy groups -OCH3 is 2. The van der Waals surface area contributed by atoms with E-state index in [1.54, 1.807) is 26.0 Å². The molecular weight excluding hydrogens is 274 g/mol. The summed E-state index contributed by atoms with van der Waals surface area (Å²) in [5, 5.41) is 0.